The lowest BCUT2D eigenvalue weighted by Gasteiger charge is -2.08. The minimum absolute atomic E-state index is 0.300. The fraction of sp³-hybridized carbons (Fsp3) is 0.0588. The van der Waals surface area contributed by atoms with Crippen LogP contribution in [0.5, 0.6) is 5.75 Å². The molecule has 8 nitrogen and oxygen atoms in total. The fourth-order valence-electron chi connectivity index (χ4n) is 2.07. The highest BCUT2D eigenvalue weighted by atomic mass is 16.5. The second-order valence-corrected chi connectivity index (χ2v) is 4.93. The number of amides is 1. The van der Waals surface area contributed by atoms with E-state index in [2.05, 4.69) is 20.4 Å². The van der Waals surface area contributed by atoms with E-state index in [9.17, 15) is 9.59 Å². The van der Waals surface area contributed by atoms with Crippen molar-refractivity contribution in [1.29, 1.82) is 0 Å². The number of carbonyl (C=O) groups is 2. The van der Waals surface area contributed by atoms with E-state index in [-0.39, 0.29) is 0 Å². The van der Waals surface area contributed by atoms with Crippen LogP contribution in [0, 0.1) is 0 Å². The van der Waals surface area contributed by atoms with Crippen LogP contribution in [0.15, 0.2) is 60.9 Å². The van der Waals surface area contributed by atoms with E-state index < -0.39 is 12.1 Å². The summed E-state index contributed by atoms with van der Waals surface area (Å²) in [7, 11) is 1.26. The van der Waals surface area contributed by atoms with Crippen LogP contribution in [0.2, 0.25) is 0 Å². The number of aromatic nitrogens is 3. The summed E-state index contributed by atoms with van der Waals surface area (Å²) in [4.78, 5) is 23.5. The van der Waals surface area contributed by atoms with Crippen LogP contribution >= 0.6 is 0 Å². The summed E-state index contributed by atoms with van der Waals surface area (Å²) in [5.74, 6) is -0.151. The molecule has 0 saturated heterocycles. The summed E-state index contributed by atoms with van der Waals surface area (Å²) in [6, 6.07) is 13.2. The van der Waals surface area contributed by atoms with E-state index in [4.69, 9.17) is 4.74 Å². The van der Waals surface area contributed by atoms with Crippen molar-refractivity contribution in [3.05, 3.63) is 66.5 Å². The Morgan fingerprint density at radius 1 is 1.12 bits per heavy atom. The lowest BCUT2D eigenvalue weighted by molar-refractivity contribution is 0.0734. The van der Waals surface area contributed by atoms with Gasteiger partial charge < -0.3 is 9.47 Å². The molecule has 0 bridgehead atoms. The number of rotatable bonds is 4. The SMILES string of the molecule is COC(=O)Nc1cccc(C(=O)Oc2ccc(-n3ccnn3)cc2)c1. The first-order valence-electron chi connectivity index (χ1n) is 7.29. The Kier molecular flexibility index (Phi) is 4.70. The molecule has 25 heavy (non-hydrogen) atoms. The maximum atomic E-state index is 12.2. The molecule has 0 aliphatic carbocycles. The molecule has 3 rings (SSSR count). The zero-order valence-electron chi connectivity index (χ0n) is 13.2. The Morgan fingerprint density at radius 3 is 2.60 bits per heavy atom. The molecule has 2 aromatic carbocycles. The van der Waals surface area contributed by atoms with E-state index in [0.29, 0.717) is 17.0 Å². The molecular formula is C17H14N4O4. The lowest BCUT2D eigenvalue weighted by Crippen LogP contribution is -2.13. The van der Waals surface area contributed by atoms with Gasteiger partial charge in [-0.25, -0.2) is 14.3 Å². The third-order valence-electron chi connectivity index (χ3n) is 3.26. The number of carbonyl (C=O) groups excluding carboxylic acids is 2. The Bertz CT molecular complexity index is 876. The number of hydrogen-bond donors (Lipinski definition) is 1. The number of anilines is 1. The Labute approximate surface area is 143 Å². The first kappa shape index (κ1) is 16.2. The summed E-state index contributed by atoms with van der Waals surface area (Å²) in [5, 5.41) is 10.1. The van der Waals surface area contributed by atoms with E-state index in [1.807, 2.05) is 0 Å². The Morgan fingerprint density at radius 2 is 1.92 bits per heavy atom. The molecule has 1 amide bonds. The summed E-state index contributed by atoms with van der Waals surface area (Å²) < 4.78 is 11.4. The fourth-order valence-corrected chi connectivity index (χ4v) is 2.07. The zero-order chi connectivity index (χ0) is 17.6. The molecule has 1 aromatic heterocycles. The van der Waals surface area contributed by atoms with Crippen LogP contribution in [0.1, 0.15) is 10.4 Å². The van der Waals surface area contributed by atoms with Crippen molar-refractivity contribution in [2.45, 2.75) is 0 Å². The molecule has 0 saturated carbocycles. The highest BCUT2D eigenvalue weighted by molar-refractivity contribution is 5.93. The Hall–Kier alpha value is -3.68. The normalized spacial score (nSPS) is 10.1. The van der Waals surface area contributed by atoms with Gasteiger partial charge in [-0.05, 0) is 42.5 Å². The molecule has 0 spiro atoms. The predicted octanol–water partition coefficient (Wildman–Crippen LogP) is 2.66. The number of nitrogens with one attached hydrogen (secondary N) is 1. The third kappa shape index (κ3) is 3.99. The molecule has 0 atom stereocenters. The largest absolute Gasteiger partial charge is 0.453 e. The number of benzene rings is 2. The van der Waals surface area contributed by atoms with E-state index in [0.717, 1.165) is 5.69 Å². The van der Waals surface area contributed by atoms with E-state index >= 15 is 0 Å². The topological polar surface area (TPSA) is 95.3 Å². The summed E-state index contributed by atoms with van der Waals surface area (Å²) in [5.41, 5.74) is 1.53. The van der Waals surface area contributed by atoms with Crippen LogP contribution in [0.25, 0.3) is 5.69 Å². The minimum Gasteiger partial charge on any atom is -0.453 e. The van der Waals surface area contributed by atoms with Gasteiger partial charge in [0.1, 0.15) is 5.75 Å². The molecule has 0 aliphatic rings. The summed E-state index contributed by atoms with van der Waals surface area (Å²) in [6.07, 6.45) is 2.67. The van der Waals surface area contributed by atoms with Gasteiger partial charge in [-0.1, -0.05) is 11.3 Å². The van der Waals surface area contributed by atoms with Gasteiger partial charge in [0.05, 0.1) is 30.8 Å². The highest BCUT2D eigenvalue weighted by Crippen LogP contribution is 2.17. The van der Waals surface area contributed by atoms with Crippen molar-refractivity contribution < 1.29 is 19.1 Å². The Balaban J connectivity index is 1.69. The van der Waals surface area contributed by atoms with Crippen LogP contribution in [0.4, 0.5) is 10.5 Å². The average molecular weight is 338 g/mol. The van der Waals surface area contributed by atoms with Gasteiger partial charge >= 0.3 is 12.1 Å². The second-order valence-electron chi connectivity index (χ2n) is 4.93. The molecule has 0 radical (unpaired) electrons. The molecule has 0 aliphatic heterocycles. The quantitative estimate of drug-likeness (QED) is 0.580. The van der Waals surface area contributed by atoms with Crippen molar-refractivity contribution in [2.24, 2.45) is 0 Å². The van der Waals surface area contributed by atoms with Crippen molar-refractivity contribution in [3.63, 3.8) is 0 Å². The zero-order valence-corrected chi connectivity index (χ0v) is 13.2. The maximum Gasteiger partial charge on any atom is 0.411 e. The third-order valence-corrected chi connectivity index (χ3v) is 3.26. The first-order valence-corrected chi connectivity index (χ1v) is 7.29. The second kappa shape index (κ2) is 7.26. The molecule has 1 heterocycles. The van der Waals surface area contributed by atoms with Gasteiger partial charge in [-0.3, -0.25) is 5.32 Å². The first-order chi connectivity index (χ1) is 12.2. The summed E-state index contributed by atoms with van der Waals surface area (Å²) in [6.45, 7) is 0. The molecule has 0 unspecified atom stereocenters. The molecule has 126 valence electrons. The van der Waals surface area contributed by atoms with Gasteiger partial charge in [0.25, 0.3) is 0 Å². The molecular weight excluding hydrogens is 324 g/mol. The lowest BCUT2D eigenvalue weighted by atomic mass is 10.2. The van der Waals surface area contributed by atoms with E-state index in [1.54, 1.807) is 59.5 Å². The smallest absolute Gasteiger partial charge is 0.411 e. The highest BCUT2D eigenvalue weighted by Gasteiger charge is 2.11. The molecule has 1 N–H and O–H groups in total. The van der Waals surface area contributed by atoms with Gasteiger partial charge in [-0.15, -0.1) is 5.10 Å². The number of hydrogen-bond acceptors (Lipinski definition) is 6. The van der Waals surface area contributed by atoms with Crippen molar-refractivity contribution in [2.75, 3.05) is 12.4 Å². The predicted molar refractivity (Wildman–Crippen MR) is 88.8 cm³/mol. The van der Waals surface area contributed by atoms with Crippen LogP contribution < -0.4 is 10.1 Å². The number of nitrogens with zero attached hydrogens (tertiary/aromatic N) is 3. The maximum absolute atomic E-state index is 12.2. The average Bonchev–Trinajstić information content (AvgIpc) is 3.17. The van der Waals surface area contributed by atoms with Crippen molar-refractivity contribution in [3.8, 4) is 11.4 Å². The summed E-state index contributed by atoms with van der Waals surface area (Å²) >= 11 is 0. The van der Waals surface area contributed by atoms with Gasteiger partial charge in [0.15, 0.2) is 0 Å². The van der Waals surface area contributed by atoms with Gasteiger partial charge in [0, 0.05) is 5.69 Å². The van der Waals surface area contributed by atoms with Crippen LogP contribution in [-0.2, 0) is 4.74 Å². The molecule has 8 heteroatoms. The molecule has 3 aromatic rings. The molecule has 0 fully saturated rings. The standard InChI is InChI=1S/C17H14N4O4/c1-24-17(23)19-13-4-2-3-12(11-13)16(22)25-15-7-5-14(6-8-15)21-10-9-18-20-21/h2-11H,1H3,(H,19,23). The van der Waals surface area contributed by atoms with E-state index in [1.165, 1.54) is 13.2 Å². The monoisotopic (exact) mass is 338 g/mol. The minimum atomic E-state index is -0.616. The number of esters is 1. The van der Waals surface area contributed by atoms with Crippen LogP contribution in [-0.4, -0.2) is 34.2 Å². The number of ether oxygens (including phenoxy) is 2. The van der Waals surface area contributed by atoms with Gasteiger partial charge in [-0.2, -0.15) is 0 Å². The van der Waals surface area contributed by atoms with Gasteiger partial charge in [0.2, 0.25) is 0 Å². The van der Waals surface area contributed by atoms with Crippen molar-refractivity contribution in [1.82, 2.24) is 15.0 Å². The number of methoxy groups -OCH3 is 1. The van der Waals surface area contributed by atoms with Crippen LogP contribution in [0.3, 0.4) is 0 Å². The van der Waals surface area contributed by atoms with Crippen molar-refractivity contribution >= 4 is 17.7 Å².